The molecule has 8 nitrogen and oxygen atoms in total. The maximum absolute atomic E-state index is 7.05. The third kappa shape index (κ3) is 4.36. The lowest BCUT2D eigenvalue weighted by atomic mass is 9.86. The number of aromatic nitrogens is 6. The van der Waals surface area contributed by atoms with Crippen molar-refractivity contribution in [2.24, 2.45) is 18.9 Å². The predicted octanol–water partition coefficient (Wildman–Crippen LogP) is 6.18. The van der Waals surface area contributed by atoms with E-state index in [1.165, 1.54) is 18.4 Å². The van der Waals surface area contributed by atoms with Crippen molar-refractivity contribution in [2.45, 2.75) is 38.6 Å². The lowest BCUT2D eigenvalue weighted by Crippen LogP contribution is -2.27. The number of anilines is 1. The third-order valence-electron chi connectivity index (χ3n) is 8.27. The average Bonchev–Trinajstić information content (AvgIpc) is 3.66. The summed E-state index contributed by atoms with van der Waals surface area (Å²) in [5, 5.41) is 13.8. The van der Waals surface area contributed by atoms with Crippen molar-refractivity contribution in [1.82, 2.24) is 29.5 Å². The molecule has 1 aliphatic heterocycles. The predicted molar refractivity (Wildman–Crippen MR) is 154 cm³/mol. The standard InChI is InChI=1S/C30H32ClN7O/c1-18-27(37(2)36-35-18)22-14-24-26(32-16-22)25-29(23(31)17-34-30(25)33-15-19-8-9-19)38(24)28(20-6-4-3-5-7-20)21-10-12-39-13-11-21/h3-7,14,16-17,19,21,28H,8-13,15H2,1-2H3,(H,33,34)/t28-/m1/s1. The molecule has 1 atom stereocenters. The fraction of sp³-hybridized carbons (Fsp3) is 0.400. The number of hydrogen-bond donors (Lipinski definition) is 1. The molecule has 4 aromatic heterocycles. The zero-order chi connectivity index (χ0) is 26.5. The lowest BCUT2D eigenvalue weighted by molar-refractivity contribution is 0.0553. The number of aryl methyl sites for hydroxylation is 2. The van der Waals surface area contributed by atoms with E-state index in [4.69, 9.17) is 26.3 Å². The first kappa shape index (κ1) is 24.5. The van der Waals surface area contributed by atoms with Crippen molar-refractivity contribution in [3.8, 4) is 11.3 Å². The number of pyridine rings is 2. The fourth-order valence-electron chi connectivity index (χ4n) is 6.17. The minimum absolute atomic E-state index is 0.0640. The Hall–Kier alpha value is -3.49. The lowest BCUT2D eigenvalue weighted by Gasteiger charge is -2.33. The maximum Gasteiger partial charge on any atom is 0.137 e. The zero-order valence-corrected chi connectivity index (χ0v) is 23.0. The molecule has 200 valence electrons. The van der Waals surface area contributed by atoms with Gasteiger partial charge in [0.15, 0.2) is 0 Å². The maximum atomic E-state index is 7.05. The Kier molecular flexibility index (Phi) is 6.24. The second-order valence-electron chi connectivity index (χ2n) is 10.9. The molecule has 1 aliphatic carbocycles. The van der Waals surface area contributed by atoms with Gasteiger partial charge in [0, 0.05) is 38.6 Å². The molecule has 1 aromatic carbocycles. The normalized spacial score (nSPS) is 17.2. The van der Waals surface area contributed by atoms with Crippen LogP contribution in [0.1, 0.15) is 43.0 Å². The molecule has 0 radical (unpaired) electrons. The van der Waals surface area contributed by atoms with Crippen molar-refractivity contribution in [3.05, 3.63) is 65.1 Å². The van der Waals surface area contributed by atoms with Crippen molar-refractivity contribution < 1.29 is 4.74 Å². The highest BCUT2D eigenvalue weighted by atomic mass is 35.5. The average molecular weight is 542 g/mol. The van der Waals surface area contributed by atoms with Crippen molar-refractivity contribution in [3.63, 3.8) is 0 Å². The van der Waals surface area contributed by atoms with E-state index in [0.29, 0.717) is 16.9 Å². The molecule has 0 amide bonds. The quantitative estimate of drug-likeness (QED) is 0.265. The second-order valence-corrected chi connectivity index (χ2v) is 11.3. The molecule has 2 fully saturated rings. The Morgan fingerprint density at radius 3 is 2.59 bits per heavy atom. The monoisotopic (exact) mass is 541 g/mol. The molecule has 2 aliphatic rings. The molecule has 0 spiro atoms. The molecule has 39 heavy (non-hydrogen) atoms. The van der Waals surface area contributed by atoms with Crippen molar-refractivity contribution in [1.29, 1.82) is 0 Å². The minimum Gasteiger partial charge on any atom is -0.381 e. The van der Waals surface area contributed by atoms with Crippen LogP contribution in [0.15, 0.2) is 48.8 Å². The summed E-state index contributed by atoms with van der Waals surface area (Å²) in [7, 11) is 1.92. The molecule has 1 N–H and O–H groups in total. The van der Waals surface area contributed by atoms with Crippen LogP contribution in [-0.4, -0.2) is 49.3 Å². The summed E-state index contributed by atoms with van der Waals surface area (Å²) in [6.45, 7) is 4.42. The van der Waals surface area contributed by atoms with E-state index in [1.54, 1.807) is 6.20 Å². The van der Waals surface area contributed by atoms with Crippen LogP contribution in [0.25, 0.3) is 33.2 Å². The van der Waals surface area contributed by atoms with Gasteiger partial charge < -0.3 is 14.6 Å². The largest absolute Gasteiger partial charge is 0.381 e. The summed E-state index contributed by atoms with van der Waals surface area (Å²) in [5.41, 5.74) is 6.98. The molecule has 1 saturated heterocycles. The molecular weight excluding hydrogens is 510 g/mol. The summed E-state index contributed by atoms with van der Waals surface area (Å²) in [6, 6.07) is 13.1. The highest BCUT2D eigenvalue weighted by Crippen LogP contribution is 2.44. The van der Waals surface area contributed by atoms with E-state index >= 15 is 0 Å². The second kappa shape index (κ2) is 9.92. The molecule has 5 heterocycles. The number of rotatable bonds is 7. The van der Waals surface area contributed by atoms with Crippen LogP contribution in [0.2, 0.25) is 5.02 Å². The van der Waals surface area contributed by atoms with Crippen LogP contribution in [0, 0.1) is 18.8 Å². The Bertz CT molecular complexity index is 1630. The Labute approximate surface area is 232 Å². The molecule has 9 heteroatoms. The summed E-state index contributed by atoms with van der Waals surface area (Å²) >= 11 is 7.05. The number of benzene rings is 1. The van der Waals surface area contributed by atoms with Crippen LogP contribution >= 0.6 is 11.6 Å². The van der Waals surface area contributed by atoms with E-state index < -0.39 is 0 Å². The van der Waals surface area contributed by atoms with Gasteiger partial charge in [-0.2, -0.15) is 0 Å². The van der Waals surface area contributed by atoms with E-state index in [9.17, 15) is 0 Å². The van der Waals surface area contributed by atoms with Crippen molar-refractivity contribution in [2.75, 3.05) is 25.1 Å². The Morgan fingerprint density at radius 1 is 1.08 bits per heavy atom. The van der Waals surface area contributed by atoms with Gasteiger partial charge in [0.2, 0.25) is 0 Å². The van der Waals surface area contributed by atoms with Gasteiger partial charge in [-0.15, -0.1) is 5.10 Å². The number of fused-ring (bicyclic) bond motifs is 3. The van der Waals surface area contributed by atoms with Crippen LogP contribution < -0.4 is 5.32 Å². The molecule has 0 unspecified atom stereocenters. The minimum atomic E-state index is 0.0640. The molecule has 5 aromatic rings. The van der Waals surface area contributed by atoms with E-state index in [1.807, 2.05) is 24.9 Å². The van der Waals surface area contributed by atoms with Gasteiger partial charge >= 0.3 is 0 Å². The molecular formula is C30H32ClN7O. The van der Waals surface area contributed by atoms with Crippen molar-refractivity contribution >= 4 is 39.4 Å². The van der Waals surface area contributed by atoms with Gasteiger partial charge in [-0.1, -0.05) is 47.1 Å². The molecule has 7 rings (SSSR count). The summed E-state index contributed by atoms with van der Waals surface area (Å²) in [5.74, 6) is 1.95. The van der Waals surface area contributed by atoms with E-state index in [-0.39, 0.29) is 6.04 Å². The number of nitrogens with zero attached hydrogens (tertiary/aromatic N) is 6. The number of halogens is 1. The van der Waals surface area contributed by atoms with Gasteiger partial charge in [-0.05, 0) is 56.1 Å². The first-order valence-electron chi connectivity index (χ1n) is 13.8. The van der Waals surface area contributed by atoms with Gasteiger partial charge in [-0.25, -0.2) is 9.67 Å². The van der Waals surface area contributed by atoms with Crippen LogP contribution in [0.5, 0.6) is 0 Å². The van der Waals surface area contributed by atoms with E-state index in [0.717, 1.165) is 77.3 Å². The number of ether oxygens (including phenoxy) is 1. The summed E-state index contributed by atoms with van der Waals surface area (Å²) in [4.78, 5) is 9.86. The summed E-state index contributed by atoms with van der Waals surface area (Å²) in [6.07, 6.45) is 8.21. The van der Waals surface area contributed by atoms with Crippen LogP contribution in [0.4, 0.5) is 5.82 Å². The molecule has 0 bridgehead atoms. The first-order chi connectivity index (χ1) is 19.1. The highest BCUT2D eigenvalue weighted by Gasteiger charge is 2.32. The third-order valence-corrected chi connectivity index (χ3v) is 8.54. The van der Waals surface area contributed by atoms with Crippen LogP contribution in [0.3, 0.4) is 0 Å². The van der Waals surface area contributed by atoms with Crippen LogP contribution in [-0.2, 0) is 11.8 Å². The number of nitrogens with one attached hydrogen (secondary N) is 1. The fourth-order valence-corrected chi connectivity index (χ4v) is 6.41. The SMILES string of the molecule is Cc1nnn(C)c1-c1cnc2c3c(NCC4CC4)ncc(Cl)c3n([C@H](c3ccccc3)C3CCOCC3)c2c1. The Balaban J connectivity index is 1.54. The highest BCUT2D eigenvalue weighted by molar-refractivity contribution is 6.36. The Morgan fingerprint density at radius 2 is 1.87 bits per heavy atom. The van der Waals surface area contributed by atoms with E-state index in [2.05, 4.69) is 56.6 Å². The zero-order valence-electron chi connectivity index (χ0n) is 22.3. The van der Waals surface area contributed by atoms with Gasteiger partial charge in [0.1, 0.15) is 5.82 Å². The topological polar surface area (TPSA) is 82.7 Å². The van der Waals surface area contributed by atoms with Gasteiger partial charge in [0.25, 0.3) is 0 Å². The van der Waals surface area contributed by atoms with Gasteiger partial charge in [0.05, 0.1) is 50.6 Å². The summed E-state index contributed by atoms with van der Waals surface area (Å²) < 4.78 is 10.0. The van der Waals surface area contributed by atoms with Gasteiger partial charge in [-0.3, -0.25) is 4.98 Å². The molecule has 1 saturated carbocycles. The number of hydrogen-bond acceptors (Lipinski definition) is 6. The first-order valence-corrected chi connectivity index (χ1v) is 14.2. The smallest absolute Gasteiger partial charge is 0.137 e.